The Kier molecular flexibility index (Phi) is 5.89. The summed E-state index contributed by atoms with van der Waals surface area (Å²) in [5.41, 5.74) is 1.08. The Morgan fingerprint density at radius 1 is 1.08 bits per heavy atom. The average molecular weight is 394 g/mol. The molecule has 0 spiro atoms. The minimum Gasteiger partial charge on any atom is -0.483 e. The van der Waals surface area contributed by atoms with Gasteiger partial charge in [-0.15, -0.1) is 10.2 Å². The third-order valence-electron chi connectivity index (χ3n) is 3.64. The van der Waals surface area contributed by atoms with Gasteiger partial charge in [-0.05, 0) is 36.8 Å². The molecule has 3 aromatic rings. The molecule has 0 N–H and O–H groups in total. The molecular weight excluding hydrogens is 377 g/mol. The SMILES string of the molecule is C[C@H](Oc1ccccc1)c1nnc(SCc2ccc(Cl)c(Cl)c2)n1C. The zero-order valence-corrected chi connectivity index (χ0v) is 16.1. The molecule has 0 saturated heterocycles. The van der Waals surface area contributed by atoms with E-state index in [-0.39, 0.29) is 6.10 Å². The summed E-state index contributed by atoms with van der Waals surface area (Å²) in [5, 5.41) is 10.5. The lowest BCUT2D eigenvalue weighted by molar-refractivity contribution is 0.211. The summed E-state index contributed by atoms with van der Waals surface area (Å²) in [6.07, 6.45) is -0.195. The first kappa shape index (κ1) is 18.1. The molecular formula is C18H17Cl2N3OS. The topological polar surface area (TPSA) is 39.9 Å². The summed E-state index contributed by atoms with van der Waals surface area (Å²) >= 11 is 13.6. The van der Waals surface area contributed by atoms with Crippen molar-refractivity contribution >= 4 is 35.0 Å². The molecule has 1 heterocycles. The predicted octanol–water partition coefficient (Wildman–Crippen LogP) is 5.55. The zero-order valence-electron chi connectivity index (χ0n) is 13.8. The van der Waals surface area contributed by atoms with Crippen molar-refractivity contribution in [1.29, 1.82) is 0 Å². The van der Waals surface area contributed by atoms with Gasteiger partial charge in [-0.25, -0.2) is 0 Å². The summed E-state index contributed by atoms with van der Waals surface area (Å²) in [7, 11) is 1.94. The van der Waals surface area contributed by atoms with Crippen molar-refractivity contribution in [3.8, 4) is 5.75 Å². The highest BCUT2D eigenvalue weighted by atomic mass is 35.5. The molecule has 130 valence electrons. The molecule has 2 aromatic carbocycles. The van der Waals surface area contributed by atoms with Crippen molar-refractivity contribution < 1.29 is 4.74 Å². The highest BCUT2D eigenvalue weighted by Crippen LogP contribution is 2.28. The molecule has 0 radical (unpaired) electrons. The molecule has 0 aliphatic rings. The monoisotopic (exact) mass is 393 g/mol. The van der Waals surface area contributed by atoms with E-state index < -0.39 is 0 Å². The predicted molar refractivity (Wildman–Crippen MR) is 103 cm³/mol. The molecule has 0 aliphatic carbocycles. The molecule has 0 aliphatic heterocycles. The van der Waals surface area contributed by atoms with E-state index in [0.29, 0.717) is 10.0 Å². The van der Waals surface area contributed by atoms with Gasteiger partial charge in [0, 0.05) is 12.8 Å². The molecule has 0 fully saturated rings. The molecule has 7 heteroatoms. The van der Waals surface area contributed by atoms with E-state index in [1.807, 2.05) is 61.0 Å². The molecule has 3 rings (SSSR count). The Hall–Kier alpha value is -1.69. The Balaban J connectivity index is 1.67. The van der Waals surface area contributed by atoms with Gasteiger partial charge in [0.25, 0.3) is 0 Å². The first-order valence-electron chi connectivity index (χ1n) is 7.72. The number of hydrogen-bond acceptors (Lipinski definition) is 4. The molecule has 1 atom stereocenters. The van der Waals surface area contributed by atoms with E-state index in [2.05, 4.69) is 10.2 Å². The normalized spacial score (nSPS) is 12.2. The second-order valence-corrected chi connectivity index (χ2v) is 7.27. The lowest BCUT2D eigenvalue weighted by atomic mass is 10.2. The number of hydrogen-bond donors (Lipinski definition) is 0. The molecule has 0 bridgehead atoms. The number of para-hydroxylation sites is 1. The van der Waals surface area contributed by atoms with Crippen LogP contribution in [-0.4, -0.2) is 14.8 Å². The van der Waals surface area contributed by atoms with Crippen molar-refractivity contribution in [1.82, 2.24) is 14.8 Å². The third-order valence-corrected chi connectivity index (χ3v) is 5.47. The van der Waals surface area contributed by atoms with Crippen molar-refractivity contribution in [2.45, 2.75) is 23.9 Å². The fourth-order valence-electron chi connectivity index (χ4n) is 2.34. The van der Waals surface area contributed by atoms with Crippen LogP contribution in [0.25, 0.3) is 0 Å². The lowest BCUT2D eigenvalue weighted by Gasteiger charge is -2.14. The van der Waals surface area contributed by atoms with E-state index in [9.17, 15) is 0 Å². The van der Waals surface area contributed by atoms with Crippen LogP contribution in [0.3, 0.4) is 0 Å². The number of halogens is 2. The van der Waals surface area contributed by atoms with E-state index >= 15 is 0 Å². The Morgan fingerprint density at radius 2 is 1.84 bits per heavy atom. The smallest absolute Gasteiger partial charge is 0.191 e. The van der Waals surface area contributed by atoms with E-state index in [1.54, 1.807) is 17.8 Å². The first-order chi connectivity index (χ1) is 12.0. The van der Waals surface area contributed by atoms with Gasteiger partial charge in [0.1, 0.15) is 5.75 Å². The third kappa shape index (κ3) is 4.48. The molecule has 0 amide bonds. The molecule has 1 aromatic heterocycles. The summed E-state index contributed by atoms with van der Waals surface area (Å²) in [6.45, 7) is 1.96. The van der Waals surface area contributed by atoms with Crippen LogP contribution < -0.4 is 4.74 Å². The van der Waals surface area contributed by atoms with Gasteiger partial charge in [-0.2, -0.15) is 0 Å². The standard InChI is InChI=1S/C18H17Cl2N3OS/c1-12(24-14-6-4-3-5-7-14)17-21-22-18(23(17)2)25-11-13-8-9-15(19)16(20)10-13/h3-10,12H,11H2,1-2H3/t12-/m0/s1. The second kappa shape index (κ2) is 8.13. The summed E-state index contributed by atoms with van der Waals surface area (Å²) in [4.78, 5) is 0. The summed E-state index contributed by atoms with van der Waals surface area (Å²) in [6, 6.07) is 15.3. The van der Waals surface area contributed by atoms with E-state index in [4.69, 9.17) is 27.9 Å². The van der Waals surface area contributed by atoms with Gasteiger partial charge >= 0.3 is 0 Å². The van der Waals surface area contributed by atoms with E-state index in [0.717, 1.165) is 28.0 Å². The number of ether oxygens (including phenoxy) is 1. The Morgan fingerprint density at radius 3 is 2.56 bits per heavy atom. The van der Waals surface area contributed by atoms with Crippen molar-refractivity contribution in [3.63, 3.8) is 0 Å². The quantitative estimate of drug-likeness (QED) is 0.514. The first-order valence-corrected chi connectivity index (χ1v) is 9.46. The molecule has 25 heavy (non-hydrogen) atoms. The van der Waals surface area contributed by atoms with Crippen molar-refractivity contribution in [2.24, 2.45) is 7.05 Å². The molecule has 0 unspecified atom stereocenters. The van der Waals surface area contributed by atoms with Gasteiger partial charge in [0.15, 0.2) is 17.1 Å². The number of thioether (sulfide) groups is 1. The van der Waals surface area contributed by atoms with Crippen LogP contribution in [0.4, 0.5) is 0 Å². The maximum Gasteiger partial charge on any atom is 0.191 e. The van der Waals surface area contributed by atoms with Crippen LogP contribution in [0.5, 0.6) is 5.75 Å². The van der Waals surface area contributed by atoms with Crippen LogP contribution in [0.1, 0.15) is 24.4 Å². The number of nitrogens with zero attached hydrogens (tertiary/aromatic N) is 3. The van der Waals surface area contributed by atoms with Crippen LogP contribution in [0, 0.1) is 0 Å². The minimum absolute atomic E-state index is 0.195. The Labute approximate surface area is 161 Å². The van der Waals surface area contributed by atoms with Gasteiger partial charge in [0.2, 0.25) is 0 Å². The minimum atomic E-state index is -0.195. The van der Waals surface area contributed by atoms with Crippen LogP contribution in [0.2, 0.25) is 10.0 Å². The zero-order chi connectivity index (χ0) is 17.8. The average Bonchev–Trinajstić information content (AvgIpc) is 2.98. The fourth-order valence-corrected chi connectivity index (χ4v) is 3.52. The lowest BCUT2D eigenvalue weighted by Crippen LogP contribution is -2.10. The van der Waals surface area contributed by atoms with Crippen LogP contribution >= 0.6 is 35.0 Å². The number of benzene rings is 2. The van der Waals surface area contributed by atoms with Gasteiger partial charge in [-0.1, -0.05) is 59.2 Å². The summed E-state index contributed by atoms with van der Waals surface area (Å²) < 4.78 is 7.88. The number of rotatable bonds is 6. The van der Waals surface area contributed by atoms with Crippen LogP contribution in [0.15, 0.2) is 53.7 Å². The highest BCUT2D eigenvalue weighted by Gasteiger charge is 2.17. The summed E-state index contributed by atoms with van der Waals surface area (Å²) in [5.74, 6) is 2.32. The molecule has 4 nitrogen and oxygen atoms in total. The van der Waals surface area contributed by atoms with Crippen LogP contribution in [-0.2, 0) is 12.8 Å². The van der Waals surface area contributed by atoms with E-state index in [1.165, 1.54) is 0 Å². The largest absolute Gasteiger partial charge is 0.483 e. The van der Waals surface area contributed by atoms with Crippen molar-refractivity contribution in [3.05, 3.63) is 70.0 Å². The highest BCUT2D eigenvalue weighted by molar-refractivity contribution is 7.98. The van der Waals surface area contributed by atoms with Crippen molar-refractivity contribution in [2.75, 3.05) is 0 Å². The van der Waals surface area contributed by atoms with Gasteiger partial charge in [0.05, 0.1) is 10.0 Å². The maximum absolute atomic E-state index is 6.06. The van der Waals surface area contributed by atoms with Gasteiger partial charge < -0.3 is 9.30 Å². The fraction of sp³-hybridized carbons (Fsp3) is 0.222. The van der Waals surface area contributed by atoms with Gasteiger partial charge in [-0.3, -0.25) is 0 Å². The Bertz CT molecular complexity index is 855. The second-order valence-electron chi connectivity index (χ2n) is 5.51. The molecule has 0 saturated carbocycles. The maximum atomic E-state index is 6.06. The number of aromatic nitrogens is 3.